The van der Waals surface area contributed by atoms with Crippen LogP contribution in [0.15, 0.2) is 11.5 Å². The Morgan fingerprint density at radius 3 is 2.57 bits per heavy atom. The molecule has 0 bridgehead atoms. The Hall–Kier alpha value is -0.0200. The smallest absolute Gasteiger partial charge is 0.135 e. The van der Waals surface area contributed by atoms with E-state index < -0.39 is 0 Å². The van der Waals surface area contributed by atoms with Gasteiger partial charge < -0.3 is 5.73 Å². The van der Waals surface area contributed by atoms with Crippen LogP contribution in [0.4, 0.5) is 0 Å². The summed E-state index contributed by atoms with van der Waals surface area (Å²) in [6, 6.07) is 0. The van der Waals surface area contributed by atoms with Crippen LogP contribution in [0.1, 0.15) is 6.92 Å². The predicted molar refractivity (Wildman–Crippen MR) is 39.2 cm³/mol. The van der Waals surface area contributed by atoms with Crippen LogP contribution in [0.5, 0.6) is 0 Å². The maximum Gasteiger partial charge on any atom is 0.135 e. The number of rotatable bonds is 1. The highest BCUT2D eigenvalue weighted by molar-refractivity contribution is 8.24. The molecule has 0 rings (SSSR count). The molecule has 0 aromatic heterocycles. The number of thiocarbonyl (C=S) groups is 1. The first-order valence-corrected chi connectivity index (χ1v) is 3.13. The minimum absolute atomic E-state index is 0.470. The highest BCUT2D eigenvalue weighted by atomic mass is 32.2. The van der Waals surface area contributed by atoms with Crippen LogP contribution < -0.4 is 5.73 Å². The van der Waals surface area contributed by atoms with Crippen molar-refractivity contribution in [3.05, 3.63) is 11.5 Å². The molecular weight excluding hydrogens is 126 g/mol. The molecule has 0 atom stereocenters. The largest absolute Gasteiger partial charge is 0.384 e. The fourth-order valence-corrected chi connectivity index (χ4v) is 0.572. The molecule has 0 aliphatic rings. The molecule has 3 heteroatoms. The van der Waals surface area contributed by atoms with Crippen LogP contribution in [-0.4, -0.2) is 4.32 Å². The summed E-state index contributed by atoms with van der Waals surface area (Å²) < 4.78 is 0.470. The van der Waals surface area contributed by atoms with Crippen LogP contribution in [0, 0.1) is 0 Å². The maximum atomic E-state index is 5.12. The monoisotopic (exact) mass is 133 g/mol. The van der Waals surface area contributed by atoms with Gasteiger partial charge in [-0.2, -0.15) is 0 Å². The summed E-state index contributed by atoms with van der Waals surface area (Å²) in [5, 5.41) is 1.85. The van der Waals surface area contributed by atoms with Gasteiger partial charge in [0.25, 0.3) is 0 Å². The van der Waals surface area contributed by atoms with Crippen molar-refractivity contribution >= 4 is 28.3 Å². The number of hydrogen-bond acceptors (Lipinski definition) is 2. The number of nitrogens with two attached hydrogens (primary N) is 1. The van der Waals surface area contributed by atoms with Gasteiger partial charge in [0, 0.05) is 0 Å². The predicted octanol–water partition coefficient (Wildman–Crippen LogP) is 1.50. The molecule has 0 fully saturated rings. The van der Waals surface area contributed by atoms with E-state index >= 15 is 0 Å². The lowest BCUT2D eigenvalue weighted by Gasteiger charge is -1.82. The molecule has 7 heavy (non-hydrogen) atoms. The van der Waals surface area contributed by atoms with Crippen molar-refractivity contribution in [1.29, 1.82) is 0 Å². The minimum atomic E-state index is 0.470. The Morgan fingerprint density at radius 1 is 1.86 bits per heavy atom. The molecule has 0 saturated carbocycles. The molecule has 0 aromatic carbocycles. The highest BCUT2D eigenvalue weighted by Gasteiger charge is 1.77. The Balaban J connectivity index is 3.14. The summed E-state index contributed by atoms with van der Waals surface area (Å²) in [4.78, 5) is 0. The Bertz CT molecular complexity index is 87.7. The maximum absolute atomic E-state index is 5.12. The van der Waals surface area contributed by atoms with Crippen LogP contribution in [0.25, 0.3) is 0 Å². The fraction of sp³-hybridized carbons (Fsp3) is 0.250. The molecular formula is C4H7NS2. The van der Waals surface area contributed by atoms with Crippen molar-refractivity contribution in [1.82, 2.24) is 0 Å². The van der Waals surface area contributed by atoms with E-state index in [0.29, 0.717) is 4.32 Å². The number of allylic oxidation sites excluding steroid dienone is 1. The van der Waals surface area contributed by atoms with Crippen molar-refractivity contribution in [2.24, 2.45) is 5.73 Å². The molecule has 0 amide bonds. The lowest BCUT2D eigenvalue weighted by atomic mass is 10.8. The highest BCUT2D eigenvalue weighted by Crippen LogP contribution is 1.99. The molecule has 0 spiro atoms. The zero-order chi connectivity index (χ0) is 5.70. The molecule has 0 aromatic rings. The molecule has 40 valence electrons. The van der Waals surface area contributed by atoms with Crippen molar-refractivity contribution < 1.29 is 0 Å². The average Bonchev–Trinajstić information content (AvgIpc) is 1.61. The Kier molecular flexibility index (Phi) is 4.14. The van der Waals surface area contributed by atoms with E-state index in [4.69, 9.17) is 5.73 Å². The van der Waals surface area contributed by atoms with Crippen molar-refractivity contribution in [3.8, 4) is 0 Å². The third-order valence-corrected chi connectivity index (χ3v) is 1.25. The molecule has 0 aliphatic carbocycles. The Labute approximate surface area is 53.0 Å². The van der Waals surface area contributed by atoms with Gasteiger partial charge in [-0.25, -0.2) is 0 Å². The SMILES string of the molecule is CC=CSC(N)=S. The van der Waals surface area contributed by atoms with Gasteiger partial charge >= 0.3 is 0 Å². The third kappa shape index (κ3) is 5.98. The second kappa shape index (κ2) is 4.15. The second-order valence-electron chi connectivity index (χ2n) is 0.906. The summed E-state index contributed by atoms with van der Waals surface area (Å²) in [7, 11) is 0. The van der Waals surface area contributed by atoms with Crippen molar-refractivity contribution in [2.75, 3.05) is 0 Å². The van der Waals surface area contributed by atoms with E-state index in [2.05, 4.69) is 12.2 Å². The van der Waals surface area contributed by atoms with E-state index in [-0.39, 0.29) is 0 Å². The summed E-state index contributed by atoms with van der Waals surface area (Å²) >= 11 is 5.91. The Morgan fingerprint density at radius 2 is 2.43 bits per heavy atom. The number of thioether (sulfide) groups is 1. The molecule has 0 unspecified atom stereocenters. The van der Waals surface area contributed by atoms with Gasteiger partial charge in [0.1, 0.15) is 4.32 Å². The fourth-order valence-electron chi connectivity index (χ4n) is 0.135. The van der Waals surface area contributed by atoms with Crippen LogP contribution >= 0.6 is 24.0 Å². The number of hydrogen-bond donors (Lipinski definition) is 1. The standard InChI is InChI=1S/C4H7NS2/c1-2-3-7-4(5)6/h2-3H,1H3,(H2,5,6). The van der Waals surface area contributed by atoms with Crippen molar-refractivity contribution in [3.63, 3.8) is 0 Å². The van der Waals surface area contributed by atoms with Crippen LogP contribution in [0.3, 0.4) is 0 Å². The summed E-state index contributed by atoms with van der Waals surface area (Å²) in [5.41, 5.74) is 5.12. The molecule has 1 nitrogen and oxygen atoms in total. The van der Waals surface area contributed by atoms with Gasteiger partial charge in [-0.3, -0.25) is 0 Å². The van der Waals surface area contributed by atoms with E-state index in [0.717, 1.165) is 0 Å². The molecule has 2 N–H and O–H groups in total. The lowest BCUT2D eigenvalue weighted by Crippen LogP contribution is -1.98. The van der Waals surface area contributed by atoms with Crippen LogP contribution in [0.2, 0.25) is 0 Å². The summed E-state index contributed by atoms with van der Waals surface area (Å²) in [6.07, 6.45) is 1.89. The van der Waals surface area contributed by atoms with E-state index in [1.165, 1.54) is 11.8 Å². The van der Waals surface area contributed by atoms with Gasteiger partial charge in [-0.05, 0) is 12.3 Å². The van der Waals surface area contributed by atoms with Gasteiger partial charge in [0.2, 0.25) is 0 Å². The quantitative estimate of drug-likeness (QED) is 0.549. The summed E-state index contributed by atoms with van der Waals surface area (Å²) in [6.45, 7) is 1.92. The first-order chi connectivity index (χ1) is 3.27. The molecule has 0 saturated heterocycles. The molecule has 0 aliphatic heterocycles. The second-order valence-corrected chi connectivity index (χ2v) is 2.55. The zero-order valence-corrected chi connectivity index (χ0v) is 5.68. The van der Waals surface area contributed by atoms with Gasteiger partial charge in [0.15, 0.2) is 0 Å². The first-order valence-electron chi connectivity index (χ1n) is 1.84. The van der Waals surface area contributed by atoms with Crippen LogP contribution in [-0.2, 0) is 0 Å². The molecule has 0 radical (unpaired) electrons. The third-order valence-electron chi connectivity index (χ3n) is 0.320. The summed E-state index contributed by atoms with van der Waals surface area (Å²) in [5.74, 6) is 0. The van der Waals surface area contributed by atoms with E-state index in [1.54, 1.807) is 0 Å². The molecule has 0 heterocycles. The first kappa shape index (κ1) is 6.98. The average molecular weight is 133 g/mol. The van der Waals surface area contributed by atoms with Gasteiger partial charge in [-0.15, -0.1) is 0 Å². The normalized spacial score (nSPS) is 9.86. The van der Waals surface area contributed by atoms with Gasteiger partial charge in [-0.1, -0.05) is 30.1 Å². The minimum Gasteiger partial charge on any atom is -0.384 e. The van der Waals surface area contributed by atoms with E-state index in [1.807, 2.05) is 18.4 Å². The van der Waals surface area contributed by atoms with Crippen molar-refractivity contribution in [2.45, 2.75) is 6.92 Å². The van der Waals surface area contributed by atoms with E-state index in [9.17, 15) is 0 Å². The lowest BCUT2D eigenvalue weighted by molar-refractivity contribution is 1.79. The topological polar surface area (TPSA) is 26.0 Å². The van der Waals surface area contributed by atoms with Gasteiger partial charge in [0.05, 0.1) is 0 Å². The zero-order valence-electron chi connectivity index (χ0n) is 4.05.